The van der Waals surface area contributed by atoms with Gasteiger partial charge >= 0.3 is 0 Å². The first-order valence-electron chi connectivity index (χ1n) is 7.01. The second-order valence-corrected chi connectivity index (χ2v) is 5.76. The van der Waals surface area contributed by atoms with E-state index in [1.807, 2.05) is 19.9 Å². The lowest BCUT2D eigenvalue weighted by Gasteiger charge is -2.08. The maximum absolute atomic E-state index is 5.97. The van der Waals surface area contributed by atoms with Crippen LogP contribution < -0.4 is 10.6 Å². The minimum atomic E-state index is 0.0494. The molecule has 0 saturated heterocycles. The van der Waals surface area contributed by atoms with Gasteiger partial charge in [0.1, 0.15) is 0 Å². The molecule has 1 aromatic carbocycles. The van der Waals surface area contributed by atoms with Crippen LogP contribution in [0.4, 0.5) is 23.5 Å². The van der Waals surface area contributed by atoms with Crippen molar-refractivity contribution in [2.24, 2.45) is 0 Å². The van der Waals surface area contributed by atoms with Gasteiger partial charge in [-0.3, -0.25) is 5.32 Å². The summed E-state index contributed by atoms with van der Waals surface area (Å²) < 4.78 is 0. The fourth-order valence-corrected chi connectivity index (χ4v) is 2.29. The number of hydrogen-bond acceptors (Lipinski definition) is 7. The Labute approximate surface area is 148 Å². The molecule has 0 atom stereocenters. The maximum Gasteiger partial charge on any atom is 0.235 e. The van der Waals surface area contributed by atoms with E-state index in [9.17, 15) is 0 Å². The second-order valence-electron chi connectivity index (χ2n) is 4.98. The molecule has 0 unspecified atom stereocenters. The van der Waals surface area contributed by atoms with Crippen molar-refractivity contribution in [1.29, 1.82) is 0 Å². The third-order valence-electron chi connectivity index (χ3n) is 2.91. The summed E-state index contributed by atoms with van der Waals surface area (Å²) in [6, 6.07) is 9.00. The highest BCUT2D eigenvalue weighted by atomic mass is 35.5. The third kappa shape index (κ3) is 4.27. The molecule has 0 aliphatic carbocycles. The smallest absolute Gasteiger partial charge is 0.235 e. The maximum atomic E-state index is 5.97. The number of nitrogens with one attached hydrogen (secondary N) is 2. The number of aryl methyl sites for hydroxylation is 2. The average molecular weight is 362 g/mol. The van der Waals surface area contributed by atoms with Crippen molar-refractivity contribution in [3.05, 3.63) is 52.0 Å². The molecule has 0 spiro atoms. The first-order valence-corrected chi connectivity index (χ1v) is 7.77. The van der Waals surface area contributed by atoms with Crippen molar-refractivity contribution >= 4 is 46.7 Å². The molecule has 2 N–H and O–H groups in total. The van der Waals surface area contributed by atoms with Crippen LogP contribution in [0.25, 0.3) is 0 Å². The van der Waals surface area contributed by atoms with E-state index in [0.717, 1.165) is 17.1 Å². The molecule has 0 aliphatic heterocycles. The standard InChI is InChI=1S/C15H13Cl2N7/c1-8-7-9(2)19-13(18-8)23-15-22-12(17)21-14(24-15)20-11-5-3-10(16)4-6-11/h3-7H,1-2H3,(H2,18,19,20,21,22,23,24). The summed E-state index contributed by atoms with van der Waals surface area (Å²) in [5.74, 6) is 0.938. The average Bonchev–Trinajstić information content (AvgIpc) is 2.48. The van der Waals surface area contributed by atoms with Crippen LogP contribution in [0.1, 0.15) is 11.4 Å². The molecule has 0 fully saturated rings. The Balaban J connectivity index is 1.84. The summed E-state index contributed by atoms with van der Waals surface area (Å²) in [5.41, 5.74) is 2.45. The van der Waals surface area contributed by atoms with Crippen LogP contribution in [0, 0.1) is 13.8 Å². The molecule has 0 radical (unpaired) electrons. The van der Waals surface area contributed by atoms with Gasteiger partial charge in [-0.15, -0.1) is 0 Å². The summed E-state index contributed by atoms with van der Waals surface area (Å²) in [4.78, 5) is 20.9. The van der Waals surface area contributed by atoms with E-state index in [4.69, 9.17) is 23.2 Å². The van der Waals surface area contributed by atoms with Gasteiger partial charge in [0.25, 0.3) is 0 Å². The van der Waals surface area contributed by atoms with E-state index in [1.54, 1.807) is 24.3 Å². The molecule has 9 heteroatoms. The van der Waals surface area contributed by atoms with Gasteiger partial charge in [-0.25, -0.2) is 9.97 Å². The van der Waals surface area contributed by atoms with E-state index in [1.165, 1.54) is 0 Å². The zero-order chi connectivity index (χ0) is 17.1. The Morgan fingerprint density at radius 3 is 1.88 bits per heavy atom. The minimum Gasteiger partial charge on any atom is -0.324 e. The topological polar surface area (TPSA) is 88.5 Å². The molecular formula is C15H13Cl2N7. The molecule has 3 aromatic rings. The lowest BCUT2D eigenvalue weighted by atomic mass is 10.3. The van der Waals surface area contributed by atoms with Gasteiger partial charge in [-0.2, -0.15) is 15.0 Å². The van der Waals surface area contributed by atoms with Crippen LogP contribution in [-0.2, 0) is 0 Å². The van der Waals surface area contributed by atoms with E-state index < -0.39 is 0 Å². The van der Waals surface area contributed by atoms with Gasteiger partial charge in [0, 0.05) is 22.1 Å². The van der Waals surface area contributed by atoms with Crippen LogP contribution in [0.15, 0.2) is 30.3 Å². The molecule has 2 heterocycles. The fourth-order valence-electron chi connectivity index (χ4n) is 2.01. The van der Waals surface area contributed by atoms with Crippen molar-refractivity contribution in [3.8, 4) is 0 Å². The summed E-state index contributed by atoms with van der Waals surface area (Å²) in [6.45, 7) is 3.77. The molecule has 122 valence electrons. The van der Waals surface area contributed by atoms with Gasteiger partial charge in [0.2, 0.25) is 23.1 Å². The monoisotopic (exact) mass is 361 g/mol. The summed E-state index contributed by atoms with van der Waals surface area (Å²) in [5, 5.41) is 6.66. The van der Waals surface area contributed by atoms with Crippen LogP contribution in [-0.4, -0.2) is 24.9 Å². The largest absolute Gasteiger partial charge is 0.324 e. The summed E-state index contributed by atoms with van der Waals surface area (Å²) in [7, 11) is 0. The number of benzene rings is 1. The minimum absolute atomic E-state index is 0.0494. The molecule has 0 aliphatic rings. The molecular weight excluding hydrogens is 349 g/mol. The molecule has 0 amide bonds. The highest BCUT2D eigenvalue weighted by molar-refractivity contribution is 6.30. The summed E-state index contributed by atoms with van der Waals surface area (Å²) >= 11 is 11.8. The van der Waals surface area contributed by atoms with Crippen molar-refractivity contribution in [2.75, 3.05) is 10.6 Å². The molecule has 7 nitrogen and oxygen atoms in total. The predicted octanol–water partition coefficient (Wildman–Crippen LogP) is 4.07. The SMILES string of the molecule is Cc1cc(C)nc(Nc2nc(Cl)nc(Nc3ccc(Cl)cc3)n2)n1. The molecule has 2 aromatic heterocycles. The Hall–Kier alpha value is -2.51. The van der Waals surface area contributed by atoms with Gasteiger partial charge in [0.05, 0.1) is 0 Å². The van der Waals surface area contributed by atoms with Crippen molar-refractivity contribution in [1.82, 2.24) is 24.9 Å². The molecule has 0 saturated carbocycles. The van der Waals surface area contributed by atoms with E-state index in [0.29, 0.717) is 16.9 Å². The Kier molecular flexibility index (Phi) is 4.73. The van der Waals surface area contributed by atoms with Crippen LogP contribution in [0.3, 0.4) is 0 Å². The number of hydrogen-bond donors (Lipinski definition) is 2. The molecule has 24 heavy (non-hydrogen) atoms. The Bertz CT molecular complexity index is 848. The number of aromatic nitrogens is 5. The van der Waals surface area contributed by atoms with E-state index in [2.05, 4.69) is 35.6 Å². The molecule has 0 bridgehead atoms. The third-order valence-corrected chi connectivity index (χ3v) is 3.34. The quantitative estimate of drug-likeness (QED) is 0.723. The highest BCUT2D eigenvalue weighted by Crippen LogP contribution is 2.19. The zero-order valence-electron chi connectivity index (χ0n) is 12.9. The van der Waals surface area contributed by atoms with Crippen LogP contribution in [0.2, 0.25) is 10.3 Å². The van der Waals surface area contributed by atoms with Gasteiger partial charge in [-0.1, -0.05) is 11.6 Å². The van der Waals surface area contributed by atoms with Crippen molar-refractivity contribution in [3.63, 3.8) is 0 Å². The van der Waals surface area contributed by atoms with Gasteiger partial charge < -0.3 is 5.32 Å². The zero-order valence-corrected chi connectivity index (χ0v) is 14.4. The van der Waals surface area contributed by atoms with E-state index in [-0.39, 0.29) is 11.2 Å². The van der Waals surface area contributed by atoms with Crippen LogP contribution >= 0.6 is 23.2 Å². The van der Waals surface area contributed by atoms with Crippen molar-refractivity contribution < 1.29 is 0 Å². The number of rotatable bonds is 4. The van der Waals surface area contributed by atoms with Crippen molar-refractivity contribution in [2.45, 2.75) is 13.8 Å². The summed E-state index contributed by atoms with van der Waals surface area (Å²) in [6.07, 6.45) is 0. The van der Waals surface area contributed by atoms with Gasteiger partial charge in [0.15, 0.2) is 0 Å². The number of anilines is 4. The lowest BCUT2D eigenvalue weighted by molar-refractivity contribution is 1.02. The molecule has 3 rings (SSSR count). The first-order chi connectivity index (χ1) is 11.5. The second kappa shape index (κ2) is 6.94. The number of nitrogens with zero attached hydrogens (tertiary/aromatic N) is 5. The fraction of sp³-hybridized carbons (Fsp3) is 0.133. The normalized spacial score (nSPS) is 10.5. The lowest BCUT2D eigenvalue weighted by Crippen LogP contribution is -2.06. The Morgan fingerprint density at radius 2 is 1.25 bits per heavy atom. The first kappa shape index (κ1) is 16.4. The van der Waals surface area contributed by atoms with E-state index >= 15 is 0 Å². The highest BCUT2D eigenvalue weighted by Gasteiger charge is 2.08. The predicted molar refractivity (Wildman–Crippen MR) is 94.4 cm³/mol. The van der Waals surface area contributed by atoms with Gasteiger partial charge in [-0.05, 0) is 55.8 Å². The van der Waals surface area contributed by atoms with Crippen LogP contribution in [0.5, 0.6) is 0 Å². The Morgan fingerprint density at radius 1 is 0.708 bits per heavy atom. The number of halogens is 2.